The van der Waals surface area contributed by atoms with Crippen LogP contribution in [0.1, 0.15) is 23.1 Å². The third kappa shape index (κ3) is 4.95. The standard InChI is InChI=1S/C24H20ClF2N3O2/c25-16-7-5-15(6-8-16)13-28-24(32)12-23-29-20-3-1-2-4-21(20)30(23)14-22(31)18-10-9-17(26)11-19(18)27/h1-11,22,31H,12-14H2,(H,28,32). The van der Waals surface area contributed by atoms with Crippen molar-refractivity contribution in [1.82, 2.24) is 14.9 Å². The summed E-state index contributed by atoms with van der Waals surface area (Å²) in [5.74, 6) is -1.37. The van der Waals surface area contributed by atoms with Crippen LogP contribution in [0.25, 0.3) is 11.0 Å². The summed E-state index contributed by atoms with van der Waals surface area (Å²) in [7, 11) is 0. The quantitative estimate of drug-likeness (QED) is 0.429. The van der Waals surface area contributed by atoms with Crippen LogP contribution in [0.15, 0.2) is 66.7 Å². The molecule has 0 saturated heterocycles. The lowest BCUT2D eigenvalue weighted by Gasteiger charge is -2.16. The normalized spacial score (nSPS) is 12.1. The lowest BCUT2D eigenvalue weighted by Crippen LogP contribution is -2.26. The minimum Gasteiger partial charge on any atom is -0.386 e. The van der Waals surface area contributed by atoms with Crippen molar-refractivity contribution < 1.29 is 18.7 Å². The summed E-state index contributed by atoms with van der Waals surface area (Å²) in [6, 6.07) is 17.4. The molecule has 4 aromatic rings. The Hall–Kier alpha value is -3.29. The second-order valence-corrected chi connectivity index (χ2v) is 7.83. The van der Waals surface area contributed by atoms with Crippen molar-refractivity contribution in [3.63, 3.8) is 0 Å². The third-order valence-electron chi connectivity index (χ3n) is 5.13. The Kier molecular flexibility index (Phi) is 6.48. The highest BCUT2D eigenvalue weighted by molar-refractivity contribution is 6.30. The summed E-state index contributed by atoms with van der Waals surface area (Å²) in [5, 5.41) is 14.1. The first-order valence-corrected chi connectivity index (χ1v) is 10.4. The Morgan fingerprint density at radius 2 is 1.84 bits per heavy atom. The first kappa shape index (κ1) is 21.9. The largest absolute Gasteiger partial charge is 0.386 e. The molecular weight excluding hydrogens is 436 g/mol. The molecule has 1 heterocycles. The van der Waals surface area contributed by atoms with Crippen LogP contribution in [-0.4, -0.2) is 20.6 Å². The van der Waals surface area contributed by atoms with E-state index in [1.165, 1.54) is 6.07 Å². The lowest BCUT2D eigenvalue weighted by molar-refractivity contribution is -0.120. The SMILES string of the molecule is O=C(Cc1nc2ccccc2n1CC(O)c1ccc(F)cc1F)NCc1ccc(Cl)cc1. The number of halogens is 3. The van der Waals surface area contributed by atoms with Gasteiger partial charge >= 0.3 is 0 Å². The Morgan fingerprint density at radius 1 is 1.09 bits per heavy atom. The Labute approximate surface area is 188 Å². The Balaban J connectivity index is 1.54. The molecule has 0 aliphatic rings. The molecule has 0 aliphatic heterocycles. The number of nitrogens with one attached hydrogen (secondary N) is 1. The number of para-hydroxylation sites is 2. The second kappa shape index (κ2) is 9.46. The molecule has 1 aromatic heterocycles. The van der Waals surface area contributed by atoms with Crippen molar-refractivity contribution in [1.29, 1.82) is 0 Å². The topological polar surface area (TPSA) is 67.2 Å². The van der Waals surface area contributed by atoms with Crippen molar-refractivity contribution in [3.05, 3.63) is 100 Å². The molecule has 164 valence electrons. The minimum absolute atomic E-state index is 0.0256. The van der Waals surface area contributed by atoms with E-state index in [2.05, 4.69) is 10.3 Å². The number of aromatic nitrogens is 2. The van der Waals surface area contributed by atoms with Gasteiger partial charge in [0.05, 0.1) is 30.1 Å². The van der Waals surface area contributed by atoms with Crippen molar-refractivity contribution in [2.45, 2.75) is 25.6 Å². The molecule has 0 spiro atoms. The van der Waals surface area contributed by atoms with Crippen LogP contribution in [0.2, 0.25) is 5.02 Å². The van der Waals surface area contributed by atoms with Crippen molar-refractivity contribution in [2.24, 2.45) is 0 Å². The van der Waals surface area contributed by atoms with Gasteiger partial charge < -0.3 is 15.0 Å². The van der Waals surface area contributed by atoms with E-state index >= 15 is 0 Å². The van der Waals surface area contributed by atoms with E-state index < -0.39 is 17.7 Å². The average molecular weight is 456 g/mol. The number of benzene rings is 3. The maximum Gasteiger partial charge on any atom is 0.227 e. The fourth-order valence-corrected chi connectivity index (χ4v) is 3.64. The van der Waals surface area contributed by atoms with Crippen LogP contribution in [0, 0.1) is 11.6 Å². The number of fused-ring (bicyclic) bond motifs is 1. The van der Waals surface area contributed by atoms with Crippen molar-refractivity contribution in [2.75, 3.05) is 0 Å². The minimum atomic E-state index is -1.25. The molecule has 1 unspecified atom stereocenters. The molecule has 1 amide bonds. The van der Waals surface area contributed by atoms with E-state index in [1.807, 2.05) is 30.3 Å². The zero-order valence-corrected chi connectivity index (χ0v) is 17.7. The number of amides is 1. The van der Waals surface area contributed by atoms with Crippen LogP contribution in [0.4, 0.5) is 8.78 Å². The van der Waals surface area contributed by atoms with Crippen LogP contribution in [0.5, 0.6) is 0 Å². The number of rotatable bonds is 7. The number of carbonyl (C=O) groups is 1. The van der Waals surface area contributed by atoms with Crippen molar-refractivity contribution in [3.8, 4) is 0 Å². The Bertz CT molecular complexity index is 1260. The van der Waals surface area contributed by atoms with E-state index in [0.717, 1.165) is 17.7 Å². The average Bonchev–Trinajstić information content (AvgIpc) is 3.10. The summed E-state index contributed by atoms with van der Waals surface area (Å²) in [4.78, 5) is 17.1. The first-order valence-electron chi connectivity index (χ1n) is 9.99. The summed E-state index contributed by atoms with van der Waals surface area (Å²) < 4.78 is 29.1. The number of carbonyl (C=O) groups excluding carboxylic acids is 1. The number of aliphatic hydroxyl groups is 1. The van der Waals surface area contributed by atoms with Gasteiger partial charge in [-0.3, -0.25) is 4.79 Å². The summed E-state index contributed by atoms with van der Waals surface area (Å²) in [6.07, 6.45) is -1.27. The number of hydrogen-bond donors (Lipinski definition) is 2. The first-order chi connectivity index (χ1) is 15.4. The van der Waals surface area contributed by atoms with Gasteiger partial charge in [-0.25, -0.2) is 13.8 Å². The summed E-state index contributed by atoms with van der Waals surface area (Å²) in [5.41, 5.74) is 2.23. The second-order valence-electron chi connectivity index (χ2n) is 7.39. The molecule has 0 aliphatic carbocycles. The highest BCUT2D eigenvalue weighted by Crippen LogP contribution is 2.24. The van der Waals surface area contributed by atoms with Gasteiger partial charge in [-0.1, -0.05) is 41.9 Å². The summed E-state index contributed by atoms with van der Waals surface area (Å²) >= 11 is 5.88. The summed E-state index contributed by atoms with van der Waals surface area (Å²) in [6.45, 7) is 0.294. The van der Waals surface area contributed by atoms with Crippen LogP contribution in [-0.2, 0) is 24.3 Å². The molecule has 3 aromatic carbocycles. The van der Waals surface area contributed by atoms with E-state index in [-0.39, 0.29) is 24.4 Å². The highest BCUT2D eigenvalue weighted by Gasteiger charge is 2.20. The zero-order chi connectivity index (χ0) is 22.7. The molecule has 8 heteroatoms. The van der Waals surface area contributed by atoms with Gasteiger partial charge in [0.2, 0.25) is 5.91 Å². The van der Waals surface area contributed by atoms with Crippen molar-refractivity contribution >= 4 is 28.5 Å². The van der Waals surface area contributed by atoms with E-state index in [0.29, 0.717) is 28.4 Å². The highest BCUT2D eigenvalue weighted by atomic mass is 35.5. The predicted molar refractivity (Wildman–Crippen MR) is 118 cm³/mol. The van der Waals surface area contributed by atoms with Gasteiger partial charge in [0.25, 0.3) is 0 Å². The molecule has 32 heavy (non-hydrogen) atoms. The number of imidazole rings is 1. The number of nitrogens with zero attached hydrogens (tertiary/aromatic N) is 2. The zero-order valence-electron chi connectivity index (χ0n) is 16.9. The lowest BCUT2D eigenvalue weighted by atomic mass is 10.1. The third-order valence-corrected chi connectivity index (χ3v) is 5.38. The smallest absolute Gasteiger partial charge is 0.227 e. The molecule has 1 atom stereocenters. The fraction of sp³-hybridized carbons (Fsp3) is 0.167. The molecule has 0 saturated carbocycles. The van der Waals surface area contributed by atoms with Gasteiger partial charge in [0.15, 0.2) is 0 Å². The molecule has 0 radical (unpaired) electrons. The van der Waals surface area contributed by atoms with E-state index in [4.69, 9.17) is 11.6 Å². The molecular formula is C24H20ClF2N3O2. The molecule has 5 nitrogen and oxygen atoms in total. The number of aliphatic hydroxyl groups excluding tert-OH is 1. The number of hydrogen-bond acceptors (Lipinski definition) is 3. The molecule has 4 rings (SSSR count). The maximum absolute atomic E-state index is 14.1. The molecule has 0 bridgehead atoms. The predicted octanol–water partition coefficient (Wildman–Crippen LogP) is 4.56. The van der Waals surface area contributed by atoms with Gasteiger partial charge in [-0.15, -0.1) is 0 Å². The van der Waals surface area contributed by atoms with Gasteiger partial charge in [0.1, 0.15) is 17.5 Å². The monoisotopic (exact) mass is 455 g/mol. The van der Waals surface area contributed by atoms with Crippen LogP contribution < -0.4 is 5.32 Å². The van der Waals surface area contributed by atoms with Crippen LogP contribution >= 0.6 is 11.6 Å². The fourth-order valence-electron chi connectivity index (χ4n) is 3.52. The van der Waals surface area contributed by atoms with Gasteiger partial charge in [0, 0.05) is 23.2 Å². The van der Waals surface area contributed by atoms with E-state index in [1.54, 1.807) is 22.8 Å². The maximum atomic E-state index is 14.1. The molecule has 0 fully saturated rings. The Morgan fingerprint density at radius 3 is 2.59 bits per heavy atom. The van der Waals surface area contributed by atoms with Gasteiger partial charge in [-0.05, 0) is 35.9 Å². The van der Waals surface area contributed by atoms with Crippen LogP contribution in [0.3, 0.4) is 0 Å². The molecule has 2 N–H and O–H groups in total. The van der Waals surface area contributed by atoms with E-state index in [9.17, 15) is 18.7 Å². The van der Waals surface area contributed by atoms with Gasteiger partial charge in [-0.2, -0.15) is 0 Å².